The third-order valence-corrected chi connectivity index (χ3v) is 3.88. The second-order valence-electron chi connectivity index (χ2n) is 5.17. The van der Waals surface area contributed by atoms with Gasteiger partial charge in [0.15, 0.2) is 5.60 Å². The van der Waals surface area contributed by atoms with Crippen molar-refractivity contribution in [3.05, 3.63) is 59.7 Å². The summed E-state index contributed by atoms with van der Waals surface area (Å²) in [5.74, 6) is -1.12. The summed E-state index contributed by atoms with van der Waals surface area (Å²) in [5, 5.41) is 0. The number of benzene rings is 2. The van der Waals surface area contributed by atoms with E-state index in [1.165, 1.54) is 62.8 Å². The van der Waals surface area contributed by atoms with Crippen LogP contribution in [0.25, 0.3) is 0 Å². The SMILES string of the molecule is COc1ccc(C(OC)(C(=O)C(F)(F)F)c2ccc(OC)cc2)cc1. The third kappa shape index (κ3) is 3.46. The van der Waals surface area contributed by atoms with Crippen LogP contribution in [0.2, 0.25) is 0 Å². The number of carbonyl (C=O) groups is 1. The molecule has 0 heterocycles. The van der Waals surface area contributed by atoms with Crippen LogP contribution in [-0.2, 0) is 15.1 Å². The first kappa shape index (κ1) is 18.8. The lowest BCUT2D eigenvalue weighted by atomic mass is 9.82. The van der Waals surface area contributed by atoms with Gasteiger partial charge >= 0.3 is 6.18 Å². The van der Waals surface area contributed by atoms with Crippen LogP contribution in [0.3, 0.4) is 0 Å². The van der Waals surface area contributed by atoms with Crippen LogP contribution < -0.4 is 9.47 Å². The van der Waals surface area contributed by atoms with Crippen molar-refractivity contribution in [2.45, 2.75) is 11.8 Å². The van der Waals surface area contributed by atoms with Gasteiger partial charge in [0, 0.05) is 7.11 Å². The molecule has 0 unspecified atom stereocenters. The van der Waals surface area contributed by atoms with Crippen LogP contribution in [-0.4, -0.2) is 33.3 Å². The molecule has 0 saturated carbocycles. The third-order valence-electron chi connectivity index (χ3n) is 3.88. The fraction of sp³-hybridized carbons (Fsp3) is 0.278. The Bertz CT molecular complexity index is 674. The number of methoxy groups -OCH3 is 3. The number of ketones is 1. The fourth-order valence-corrected chi connectivity index (χ4v) is 2.61. The number of Topliss-reactive ketones (excluding diaryl/α,β-unsaturated/α-hetero) is 1. The van der Waals surface area contributed by atoms with Crippen molar-refractivity contribution in [2.24, 2.45) is 0 Å². The van der Waals surface area contributed by atoms with E-state index in [9.17, 15) is 18.0 Å². The summed E-state index contributed by atoms with van der Waals surface area (Å²) >= 11 is 0. The average Bonchev–Trinajstić information content (AvgIpc) is 2.63. The van der Waals surface area contributed by atoms with E-state index < -0.39 is 17.6 Å². The highest BCUT2D eigenvalue weighted by atomic mass is 19.4. The molecule has 0 atom stereocenters. The lowest BCUT2D eigenvalue weighted by Gasteiger charge is -2.32. The summed E-state index contributed by atoms with van der Waals surface area (Å²) in [6, 6.07) is 11.4. The molecule has 0 N–H and O–H groups in total. The van der Waals surface area contributed by atoms with Crippen molar-refractivity contribution in [3.63, 3.8) is 0 Å². The Kier molecular flexibility index (Phi) is 5.37. The maximum absolute atomic E-state index is 13.3. The number of ether oxygens (including phenoxy) is 3. The number of carbonyl (C=O) groups excluding carboxylic acids is 1. The smallest absolute Gasteiger partial charge is 0.453 e. The van der Waals surface area contributed by atoms with Gasteiger partial charge < -0.3 is 14.2 Å². The molecular formula is C18H17F3O4. The molecular weight excluding hydrogens is 337 g/mol. The lowest BCUT2D eigenvalue weighted by molar-refractivity contribution is -0.189. The molecule has 0 radical (unpaired) electrons. The Morgan fingerprint density at radius 1 is 0.760 bits per heavy atom. The Hall–Kier alpha value is -2.54. The van der Waals surface area contributed by atoms with Gasteiger partial charge in [0.25, 0.3) is 5.78 Å². The van der Waals surface area contributed by atoms with E-state index in [4.69, 9.17) is 14.2 Å². The van der Waals surface area contributed by atoms with Crippen molar-refractivity contribution in [1.29, 1.82) is 0 Å². The Labute approximate surface area is 143 Å². The first-order valence-corrected chi connectivity index (χ1v) is 7.25. The Balaban J connectivity index is 2.69. The highest BCUT2D eigenvalue weighted by molar-refractivity contribution is 5.96. The van der Waals surface area contributed by atoms with Crippen molar-refractivity contribution in [1.82, 2.24) is 0 Å². The zero-order valence-electron chi connectivity index (χ0n) is 13.9. The zero-order chi connectivity index (χ0) is 18.7. The fourth-order valence-electron chi connectivity index (χ4n) is 2.61. The Morgan fingerprint density at radius 2 is 1.12 bits per heavy atom. The van der Waals surface area contributed by atoms with Crippen LogP contribution in [0.1, 0.15) is 11.1 Å². The van der Waals surface area contributed by atoms with Crippen LogP contribution in [0.15, 0.2) is 48.5 Å². The summed E-state index contributed by atoms with van der Waals surface area (Å²) in [5.41, 5.74) is -2.23. The van der Waals surface area contributed by atoms with Crippen LogP contribution >= 0.6 is 0 Å². The minimum Gasteiger partial charge on any atom is -0.497 e. The van der Waals surface area contributed by atoms with Gasteiger partial charge in [-0.25, -0.2) is 0 Å². The van der Waals surface area contributed by atoms with E-state index in [1.54, 1.807) is 0 Å². The summed E-state index contributed by atoms with van der Waals surface area (Å²) in [6.45, 7) is 0. The van der Waals surface area contributed by atoms with E-state index in [1.807, 2.05) is 0 Å². The van der Waals surface area contributed by atoms with Gasteiger partial charge in [-0.05, 0) is 35.4 Å². The quantitative estimate of drug-likeness (QED) is 0.793. The van der Waals surface area contributed by atoms with Crippen molar-refractivity contribution >= 4 is 5.78 Å². The number of rotatable bonds is 6. The average molecular weight is 354 g/mol. The van der Waals surface area contributed by atoms with Crippen LogP contribution in [0, 0.1) is 0 Å². The number of hydrogen-bond acceptors (Lipinski definition) is 4. The molecule has 0 amide bonds. The van der Waals surface area contributed by atoms with E-state index in [0.29, 0.717) is 11.5 Å². The van der Waals surface area contributed by atoms with E-state index in [0.717, 1.165) is 7.11 Å². The predicted molar refractivity (Wildman–Crippen MR) is 84.8 cm³/mol. The predicted octanol–water partition coefficient (Wildman–Crippen LogP) is 3.73. The van der Waals surface area contributed by atoms with E-state index in [-0.39, 0.29) is 11.1 Å². The van der Waals surface area contributed by atoms with Gasteiger partial charge in [-0.15, -0.1) is 0 Å². The molecule has 0 aliphatic carbocycles. The molecule has 25 heavy (non-hydrogen) atoms. The van der Waals surface area contributed by atoms with Crippen LogP contribution in [0.5, 0.6) is 11.5 Å². The van der Waals surface area contributed by atoms with Crippen molar-refractivity contribution < 1.29 is 32.2 Å². The lowest BCUT2D eigenvalue weighted by Crippen LogP contribution is -2.46. The summed E-state index contributed by atoms with van der Waals surface area (Å²) in [4.78, 5) is 12.3. The van der Waals surface area contributed by atoms with Gasteiger partial charge in [0.05, 0.1) is 14.2 Å². The molecule has 134 valence electrons. The molecule has 4 nitrogen and oxygen atoms in total. The summed E-state index contributed by atoms with van der Waals surface area (Å²) in [6.07, 6.45) is -5.09. The number of hydrogen-bond donors (Lipinski definition) is 0. The standard InChI is InChI=1S/C18H17F3O4/c1-23-14-8-4-12(5-9-14)17(25-3,16(22)18(19,20)21)13-6-10-15(24-2)11-7-13/h4-11H,1-3H3. The van der Waals surface area contributed by atoms with E-state index in [2.05, 4.69) is 0 Å². The largest absolute Gasteiger partial charge is 0.497 e. The molecule has 0 aliphatic heterocycles. The maximum atomic E-state index is 13.3. The topological polar surface area (TPSA) is 44.8 Å². The monoisotopic (exact) mass is 354 g/mol. The number of halogens is 3. The summed E-state index contributed by atoms with van der Waals surface area (Å²) in [7, 11) is 3.93. The minimum absolute atomic E-state index is 0.0447. The normalized spacial score (nSPS) is 11.9. The number of alkyl halides is 3. The van der Waals surface area contributed by atoms with Gasteiger partial charge in [0.1, 0.15) is 11.5 Å². The van der Waals surface area contributed by atoms with Gasteiger partial charge in [-0.2, -0.15) is 13.2 Å². The highest BCUT2D eigenvalue weighted by Crippen LogP contribution is 2.40. The second-order valence-corrected chi connectivity index (χ2v) is 5.17. The van der Waals surface area contributed by atoms with Gasteiger partial charge in [-0.3, -0.25) is 4.79 Å². The molecule has 0 spiro atoms. The molecule has 0 fully saturated rings. The van der Waals surface area contributed by atoms with Crippen molar-refractivity contribution in [2.75, 3.05) is 21.3 Å². The summed E-state index contributed by atoms with van der Waals surface area (Å²) < 4.78 is 55.2. The second kappa shape index (κ2) is 7.14. The Morgan fingerprint density at radius 3 is 1.36 bits per heavy atom. The molecule has 7 heteroatoms. The van der Waals surface area contributed by atoms with E-state index >= 15 is 0 Å². The molecule has 2 aromatic rings. The molecule has 0 bridgehead atoms. The van der Waals surface area contributed by atoms with Gasteiger partial charge in [0.2, 0.25) is 0 Å². The first-order valence-electron chi connectivity index (χ1n) is 7.25. The van der Waals surface area contributed by atoms with Crippen molar-refractivity contribution in [3.8, 4) is 11.5 Å². The molecule has 2 rings (SSSR count). The molecule has 2 aromatic carbocycles. The first-order chi connectivity index (χ1) is 11.8. The maximum Gasteiger partial charge on any atom is 0.453 e. The van der Waals surface area contributed by atoms with Crippen LogP contribution in [0.4, 0.5) is 13.2 Å². The minimum atomic E-state index is -5.09. The van der Waals surface area contributed by atoms with Gasteiger partial charge in [-0.1, -0.05) is 24.3 Å². The zero-order valence-corrected chi connectivity index (χ0v) is 13.9. The molecule has 0 saturated heterocycles. The molecule has 0 aromatic heterocycles. The highest BCUT2D eigenvalue weighted by Gasteiger charge is 2.55. The molecule has 0 aliphatic rings.